The minimum atomic E-state index is -0.0138. The molecule has 0 aliphatic carbocycles. The summed E-state index contributed by atoms with van der Waals surface area (Å²) in [5, 5.41) is 1.26. The number of hydrogen-bond acceptors (Lipinski definition) is 2. The molecule has 0 saturated heterocycles. The summed E-state index contributed by atoms with van der Waals surface area (Å²) in [5.74, 6) is 0. The smallest absolute Gasteiger partial charge is 0.190 e. The van der Waals surface area contributed by atoms with Crippen molar-refractivity contribution in [3.8, 4) is 0 Å². The first kappa shape index (κ1) is 8.84. The number of fused-ring (bicyclic) bond motifs is 1. The van der Waals surface area contributed by atoms with Gasteiger partial charge in [-0.15, -0.1) is 12.6 Å². The Morgan fingerprint density at radius 3 is 2.85 bits per heavy atom. The van der Waals surface area contributed by atoms with Crippen LogP contribution in [0, 0.1) is 0 Å². The second-order valence-electron chi connectivity index (χ2n) is 2.71. The van der Waals surface area contributed by atoms with Crippen molar-refractivity contribution in [1.29, 1.82) is 0 Å². The van der Waals surface area contributed by atoms with Crippen LogP contribution in [0.15, 0.2) is 38.6 Å². The lowest BCUT2D eigenvalue weighted by Gasteiger charge is -1.99. The predicted octanol–water partition coefficient (Wildman–Crippen LogP) is 2.58. The quantitative estimate of drug-likeness (QED) is 0.698. The Hall–Kier alpha value is -0.740. The van der Waals surface area contributed by atoms with E-state index in [0.29, 0.717) is 10.4 Å². The third-order valence-corrected chi connectivity index (χ3v) is 2.51. The first-order valence-electron chi connectivity index (χ1n) is 3.68. The predicted molar refractivity (Wildman–Crippen MR) is 59.5 cm³/mol. The van der Waals surface area contributed by atoms with Gasteiger partial charge in [-0.25, -0.2) is 0 Å². The Morgan fingerprint density at radius 1 is 1.31 bits per heavy atom. The van der Waals surface area contributed by atoms with Crippen molar-refractivity contribution in [3.05, 3.63) is 39.0 Å². The van der Waals surface area contributed by atoms with Crippen LogP contribution < -0.4 is 5.43 Å². The molecule has 0 radical (unpaired) electrons. The summed E-state index contributed by atoms with van der Waals surface area (Å²) in [5.41, 5.74) is 0.792. The van der Waals surface area contributed by atoms with Crippen LogP contribution in [0.4, 0.5) is 0 Å². The molecular weight excluding hydrogens is 250 g/mol. The van der Waals surface area contributed by atoms with Crippen molar-refractivity contribution in [2.75, 3.05) is 0 Å². The zero-order valence-corrected chi connectivity index (χ0v) is 9.02. The van der Waals surface area contributed by atoms with Gasteiger partial charge < -0.3 is 4.98 Å². The molecule has 0 aliphatic rings. The lowest BCUT2D eigenvalue weighted by atomic mass is 10.2. The molecule has 1 aromatic carbocycles. The van der Waals surface area contributed by atoms with Crippen LogP contribution in [-0.2, 0) is 0 Å². The summed E-state index contributed by atoms with van der Waals surface area (Å²) >= 11 is 7.40. The maximum atomic E-state index is 11.5. The largest absolute Gasteiger partial charge is 0.350 e. The molecular formula is C9H6BrNOS. The van der Waals surface area contributed by atoms with E-state index in [2.05, 4.69) is 33.5 Å². The summed E-state index contributed by atoms with van der Waals surface area (Å²) in [6.45, 7) is 0. The normalized spacial score (nSPS) is 10.6. The van der Waals surface area contributed by atoms with Gasteiger partial charge >= 0.3 is 0 Å². The number of H-pyrrole nitrogens is 1. The molecule has 1 heterocycles. The monoisotopic (exact) mass is 255 g/mol. The number of halogens is 1. The van der Waals surface area contributed by atoms with Gasteiger partial charge in [0.25, 0.3) is 0 Å². The van der Waals surface area contributed by atoms with E-state index in [9.17, 15) is 4.79 Å². The topological polar surface area (TPSA) is 32.9 Å². The Kier molecular flexibility index (Phi) is 2.17. The zero-order valence-electron chi connectivity index (χ0n) is 6.54. The summed E-state index contributed by atoms with van der Waals surface area (Å²) in [6.07, 6.45) is 0. The van der Waals surface area contributed by atoms with Crippen LogP contribution in [0.25, 0.3) is 10.9 Å². The fraction of sp³-hybridized carbons (Fsp3) is 0. The Labute approximate surface area is 88.5 Å². The lowest BCUT2D eigenvalue weighted by Crippen LogP contribution is -2.01. The number of benzene rings is 1. The molecule has 0 unspecified atom stereocenters. The maximum absolute atomic E-state index is 11.5. The molecule has 2 aromatic rings. The lowest BCUT2D eigenvalue weighted by molar-refractivity contribution is 1.19. The fourth-order valence-electron chi connectivity index (χ4n) is 1.21. The average Bonchev–Trinajstić information content (AvgIpc) is 2.06. The molecule has 0 atom stereocenters. The van der Waals surface area contributed by atoms with E-state index in [1.165, 1.54) is 6.07 Å². The van der Waals surface area contributed by atoms with E-state index < -0.39 is 0 Å². The van der Waals surface area contributed by atoms with E-state index in [1.54, 1.807) is 6.07 Å². The van der Waals surface area contributed by atoms with Gasteiger partial charge in [-0.2, -0.15) is 0 Å². The van der Waals surface area contributed by atoms with Crippen LogP contribution in [-0.4, -0.2) is 4.98 Å². The second kappa shape index (κ2) is 3.20. The highest BCUT2D eigenvalue weighted by Crippen LogP contribution is 2.16. The Morgan fingerprint density at radius 2 is 2.08 bits per heavy atom. The van der Waals surface area contributed by atoms with E-state index >= 15 is 0 Å². The van der Waals surface area contributed by atoms with E-state index in [1.807, 2.05) is 12.1 Å². The molecule has 4 heteroatoms. The van der Waals surface area contributed by atoms with Crippen molar-refractivity contribution in [2.24, 2.45) is 0 Å². The van der Waals surface area contributed by atoms with Gasteiger partial charge in [0.05, 0.1) is 10.5 Å². The van der Waals surface area contributed by atoms with Crippen LogP contribution >= 0.6 is 28.6 Å². The summed E-state index contributed by atoms with van der Waals surface area (Å²) < 4.78 is 0.900. The van der Waals surface area contributed by atoms with Gasteiger partial charge in [-0.05, 0) is 18.2 Å². The Bertz CT molecular complexity index is 520. The molecule has 2 rings (SSSR count). The van der Waals surface area contributed by atoms with Gasteiger partial charge in [-0.1, -0.05) is 15.9 Å². The standard InChI is InChI=1S/C9H6BrNOS/c10-5-1-2-7-6(3-5)8(12)4-9(13)11-7/h1-4H,(H2,11,12,13). The molecule has 2 nitrogen and oxygen atoms in total. The fourth-order valence-corrected chi connectivity index (χ4v) is 1.80. The molecule has 13 heavy (non-hydrogen) atoms. The number of thiol groups is 1. The van der Waals surface area contributed by atoms with Crippen molar-refractivity contribution >= 4 is 39.5 Å². The van der Waals surface area contributed by atoms with Gasteiger partial charge in [0.2, 0.25) is 0 Å². The van der Waals surface area contributed by atoms with Gasteiger partial charge in [0.15, 0.2) is 5.43 Å². The third kappa shape index (κ3) is 1.64. The van der Waals surface area contributed by atoms with E-state index in [-0.39, 0.29) is 5.43 Å². The highest BCUT2D eigenvalue weighted by atomic mass is 79.9. The molecule has 0 saturated carbocycles. The number of pyridine rings is 1. The maximum Gasteiger partial charge on any atom is 0.190 e. The van der Waals surface area contributed by atoms with Crippen LogP contribution in [0.5, 0.6) is 0 Å². The van der Waals surface area contributed by atoms with E-state index in [0.717, 1.165) is 9.99 Å². The number of aromatic amines is 1. The second-order valence-corrected chi connectivity index (χ2v) is 4.11. The van der Waals surface area contributed by atoms with Crippen molar-refractivity contribution in [2.45, 2.75) is 5.03 Å². The first-order valence-corrected chi connectivity index (χ1v) is 4.92. The van der Waals surface area contributed by atoms with Gasteiger partial charge in [0.1, 0.15) is 0 Å². The van der Waals surface area contributed by atoms with Crippen LogP contribution in [0.3, 0.4) is 0 Å². The summed E-state index contributed by atoms with van der Waals surface area (Å²) in [4.78, 5) is 14.5. The number of nitrogens with one attached hydrogen (secondary N) is 1. The van der Waals surface area contributed by atoms with E-state index in [4.69, 9.17) is 0 Å². The van der Waals surface area contributed by atoms with Crippen LogP contribution in [0.1, 0.15) is 0 Å². The molecule has 66 valence electrons. The third-order valence-electron chi connectivity index (χ3n) is 1.78. The minimum Gasteiger partial charge on any atom is -0.350 e. The number of aromatic nitrogens is 1. The SMILES string of the molecule is O=c1cc(S)[nH]c2ccc(Br)cc12. The van der Waals surface area contributed by atoms with Crippen molar-refractivity contribution in [1.82, 2.24) is 4.98 Å². The molecule has 0 amide bonds. The highest BCUT2D eigenvalue weighted by Gasteiger charge is 1.99. The first-order chi connectivity index (χ1) is 6.16. The molecule has 0 aliphatic heterocycles. The Balaban J connectivity index is 2.95. The molecule has 0 spiro atoms. The van der Waals surface area contributed by atoms with Crippen molar-refractivity contribution < 1.29 is 0 Å². The number of rotatable bonds is 0. The van der Waals surface area contributed by atoms with Gasteiger partial charge in [-0.3, -0.25) is 4.79 Å². The summed E-state index contributed by atoms with van der Waals surface area (Å²) in [6, 6.07) is 6.99. The zero-order chi connectivity index (χ0) is 9.42. The highest BCUT2D eigenvalue weighted by molar-refractivity contribution is 9.10. The molecule has 0 fully saturated rings. The summed E-state index contributed by atoms with van der Waals surface area (Å²) in [7, 11) is 0. The minimum absolute atomic E-state index is 0.0138. The molecule has 1 N–H and O–H groups in total. The average molecular weight is 256 g/mol. The number of hydrogen-bond donors (Lipinski definition) is 2. The van der Waals surface area contributed by atoms with Gasteiger partial charge in [0, 0.05) is 15.9 Å². The molecule has 1 aromatic heterocycles. The molecule has 0 bridgehead atoms. The van der Waals surface area contributed by atoms with Crippen LogP contribution in [0.2, 0.25) is 0 Å². The van der Waals surface area contributed by atoms with Crippen molar-refractivity contribution in [3.63, 3.8) is 0 Å².